The number of rotatable bonds is 14. The maximum absolute atomic E-state index is 14.2. The van der Waals surface area contributed by atoms with Gasteiger partial charge in [-0.3, -0.25) is 24.8 Å². The van der Waals surface area contributed by atoms with Gasteiger partial charge in [-0.05, 0) is 46.7 Å². The number of alkyl halides is 3. The van der Waals surface area contributed by atoms with Crippen molar-refractivity contribution in [2.24, 2.45) is 27.9 Å². The molecule has 0 bridgehead atoms. The standard InChI is InChI=1S/C34H38N8O3.C2HF3O2/c35-30(36)24-14-12-21(13-15-24)19-27(26-17-16-22-7-4-5-10-25(22)20-26)32(44)42-29(23-8-2-1-3-9-23)33(45)41-28(31(37)43)11-6-18-40-34(38)39;3-2(4,5)1(6)7/h1-5,7-10,12-17,20,27-29H,6,11,18-19H2,(H3,35,36)(H2,37,43)(H,41,45)(H,42,44)(H4,38,39,40);(H,6,7)/t27?,28-,29-;/m0./s1. The van der Waals surface area contributed by atoms with Gasteiger partial charge in [0.1, 0.15) is 17.9 Å². The fourth-order valence-corrected chi connectivity index (χ4v) is 5.08. The molecule has 0 radical (unpaired) electrons. The van der Waals surface area contributed by atoms with Gasteiger partial charge in [-0.1, -0.05) is 97.1 Å². The summed E-state index contributed by atoms with van der Waals surface area (Å²) in [7, 11) is 0. The van der Waals surface area contributed by atoms with Crippen LogP contribution in [0.25, 0.3) is 10.8 Å². The van der Waals surface area contributed by atoms with E-state index in [-0.39, 0.29) is 30.7 Å². The monoisotopic (exact) mass is 720 g/mol. The Morgan fingerprint density at radius 1 is 0.769 bits per heavy atom. The number of carboxylic acids is 1. The van der Waals surface area contributed by atoms with Crippen molar-refractivity contribution in [3.63, 3.8) is 0 Å². The molecule has 0 aliphatic heterocycles. The maximum atomic E-state index is 14.2. The van der Waals surface area contributed by atoms with Gasteiger partial charge in [-0.15, -0.1) is 0 Å². The summed E-state index contributed by atoms with van der Waals surface area (Å²) in [5.74, 6) is -5.23. The van der Waals surface area contributed by atoms with Crippen LogP contribution in [0.3, 0.4) is 0 Å². The number of nitrogens with one attached hydrogen (secondary N) is 3. The molecule has 0 saturated carbocycles. The second-order valence-corrected chi connectivity index (χ2v) is 11.5. The molecule has 0 fully saturated rings. The number of fused-ring (bicyclic) bond motifs is 1. The topological polar surface area (TPSA) is 253 Å². The molecule has 274 valence electrons. The third-order valence-corrected chi connectivity index (χ3v) is 7.73. The number of carbonyl (C=O) groups is 4. The van der Waals surface area contributed by atoms with Crippen molar-refractivity contribution < 1.29 is 37.5 Å². The number of guanidine groups is 1. The third kappa shape index (κ3) is 12.2. The minimum atomic E-state index is -5.08. The smallest absolute Gasteiger partial charge is 0.475 e. The summed E-state index contributed by atoms with van der Waals surface area (Å²) in [6, 6.07) is 27.5. The number of primary amides is 1. The van der Waals surface area contributed by atoms with Gasteiger partial charge in [0.15, 0.2) is 5.96 Å². The number of carbonyl (C=O) groups excluding carboxylic acids is 3. The maximum Gasteiger partial charge on any atom is 0.490 e. The molecule has 0 aliphatic carbocycles. The Morgan fingerprint density at radius 3 is 1.92 bits per heavy atom. The molecule has 4 aromatic rings. The summed E-state index contributed by atoms with van der Waals surface area (Å²) in [4.78, 5) is 52.9. The molecule has 13 nitrogen and oxygen atoms in total. The van der Waals surface area contributed by atoms with E-state index < -0.39 is 42.0 Å². The van der Waals surface area contributed by atoms with Gasteiger partial charge >= 0.3 is 12.1 Å². The van der Waals surface area contributed by atoms with Crippen molar-refractivity contribution in [2.75, 3.05) is 6.54 Å². The van der Waals surface area contributed by atoms with E-state index in [4.69, 9.17) is 38.2 Å². The van der Waals surface area contributed by atoms with Crippen molar-refractivity contribution in [1.82, 2.24) is 10.6 Å². The summed E-state index contributed by atoms with van der Waals surface area (Å²) in [6.07, 6.45) is -4.15. The number of amides is 3. The summed E-state index contributed by atoms with van der Waals surface area (Å²) < 4.78 is 31.7. The fourth-order valence-electron chi connectivity index (χ4n) is 5.08. The molecule has 12 N–H and O–H groups in total. The summed E-state index contributed by atoms with van der Waals surface area (Å²) in [6.45, 7) is 0.266. The molecule has 1 unspecified atom stereocenters. The second-order valence-electron chi connectivity index (χ2n) is 11.5. The largest absolute Gasteiger partial charge is 0.490 e. The first kappa shape index (κ1) is 40.0. The Balaban J connectivity index is 0.000000944. The first-order valence-corrected chi connectivity index (χ1v) is 15.8. The van der Waals surface area contributed by atoms with E-state index in [0.29, 0.717) is 24.0 Å². The zero-order valence-corrected chi connectivity index (χ0v) is 27.8. The zero-order chi connectivity index (χ0) is 38.4. The van der Waals surface area contributed by atoms with Gasteiger partial charge in [0.2, 0.25) is 17.7 Å². The van der Waals surface area contributed by atoms with Crippen molar-refractivity contribution >= 4 is 46.3 Å². The van der Waals surface area contributed by atoms with E-state index in [9.17, 15) is 27.6 Å². The van der Waals surface area contributed by atoms with Crippen LogP contribution in [0.1, 0.15) is 47.1 Å². The number of aliphatic carboxylic acids is 1. The number of halogens is 3. The average molecular weight is 721 g/mol. The van der Waals surface area contributed by atoms with Crippen molar-refractivity contribution in [1.29, 1.82) is 5.41 Å². The molecule has 0 saturated heterocycles. The lowest BCUT2D eigenvalue weighted by atomic mass is 9.89. The number of hydrogen-bond acceptors (Lipinski definition) is 6. The van der Waals surface area contributed by atoms with E-state index in [1.165, 1.54) is 0 Å². The number of nitrogens with zero attached hydrogens (tertiary/aromatic N) is 1. The molecule has 3 amide bonds. The number of nitrogens with two attached hydrogens (primary N) is 4. The zero-order valence-electron chi connectivity index (χ0n) is 27.8. The van der Waals surface area contributed by atoms with E-state index >= 15 is 0 Å². The Bertz CT molecular complexity index is 1900. The number of aliphatic imine (C=N–C) groups is 1. The molecule has 4 aromatic carbocycles. The summed E-state index contributed by atoms with van der Waals surface area (Å²) in [5.41, 5.74) is 24.7. The first-order valence-electron chi connectivity index (χ1n) is 15.8. The molecule has 16 heteroatoms. The molecule has 3 atom stereocenters. The summed E-state index contributed by atoms with van der Waals surface area (Å²) in [5, 5.41) is 22.5. The fraction of sp³-hybridized carbons (Fsp3) is 0.222. The first-order chi connectivity index (χ1) is 24.6. The Labute approximate surface area is 296 Å². The van der Waals surface area contributed by atoms with Gasteiger partial charge in [0, 0.05) is 12.1 Å². The minimum absolute atomic E-state index is 0.0485. The normalized spacial score (nSPS) is 12.6. The third-order valence-electron chi connectivity index (χ3n) is 7.73. The molecular formula is C36H39F3N8O5. The molecule has 0 aliphatic rings. The van der Waals surface area contributed by atoms with Gasteiger partial charge in [0.05, 0.1) is 5.92 Å². The highest BCUT2D eigenvalue weighted by Crippen LogP contribution is 2.27. The molecule has 52 heavy (non-hydrogen) atoms. The number of amidine groups is 1. The second kappa shape index (κ2) is 18.5. The summed E-state index contributed by atoms with van der Waals surface area (Å²) >= 11 is 0. The number of benzene rings is 4. The predicted octanol–water partition coefficient (Wildman–Crippen LogP) is 2.96. The van der Waals surface area contributed by atoms with Crippen LogP contribution in [0.5, 0.6) is 0 Å². The van der Waals surface area contributed by atoms with Gasteiger partial charge in [-0.25, -0.2) is 4.79 Å². The van der Waals surface area contributed by atoms with E-state index in [1.807, 2.05) is 54.6 Å². The van der Waals surface area contributed by atoms with Crippen LogP contribution in [0.4, 0.5) is 13.2 Å². The van der Waals surface area contributed by atoms with Crippen LogP contribution in [0.2, 0.25) is 0 Å². The average Bonchev–Trinajstić information content (AvgIpc) is 3.10. The van der Waals surface area contributed by atoms with Crippen LogP contribution < -0.4 is 33.6 Å². The molecule has 0 aromatic heterocycles. The lowest BCUT2D eigenvalue weighted by molar-refractivity contribution is -0.192. The Kier molecular flexibility index (Phi) is 14.2. The van der Waals surface area contributed by atoms with Crippen LogP contribution in [-0.4, -0.2) is 59.4 Å². The van der Waals surface area contributed by atoms with Gasteiger partial charge in [-0.2, -0.15) is 13.2 Å². The SMILES string of the molecule is N=C(N)c1ccc(CC(C(=O)N[C@H](C(=O)N[C@@H](CCCN=C(N)N)C(N)=O)c2ccccc2)c2ccc3ccccc3c2)cc1.O=C(O)C(F)(F)F. The number of carboxylic acid groups (broad SMARTS) is 1. The minimum Gasteiger partial charge on any atom is -0.475 e. The van der Waals surface area contributed by atoms with E-state index in [0.717, 1.165) is 21.9 Å². The Hall–Kier alpha value is -6.45. The van der Waals surface area contributed by atoms with Crippen molar-refractivity contribution in [3.05, 3.63) is 119 Å². The van der Waals surface area contributed by atoms with Crippen molar-refractivity contribution in [2.45, 2.75) is 43.4 Å². The molecule has 0 spiro atoms. The van der Waals surface area contributed by atoms with Crippen LogP contribution in [0, 0.1) is 5.41 Å². The highest BCUT2D eigenvalue weighted by Gasteiger charge is 2.38. The lowest BCUT2D eigenvalue weighted by Crippen LogP contribution is -2.50. The molecule has 0 heterocycles. The Morgan fingerprint density at radius 2 is 1.37 bits per heavy atom. The highest BCUT2D eigenvalue weighted by molar-refractivity contribution is 5.96. The number of nitrogen functional groups attached to an aromatic ring is 1. The van der Waals surface area contributed by atoms with E-state index in [2.05, 4.69) is 15.6 Å². The van der Waals surface area contributed by atoms with Crippen LogP contribution in [-0.2, 0) is 25.6 Å². The highest BCUT2D eigenvalue weighted by atomic mass is 19.4. The number of hydrogen-bond donors (Lipinski definition) is 8. The van der Waals surface area contributed by atoms with E-state index in [1.54, 1.807) is 42.5 Å². The van der Waals surface area contributed by atoms with Gasteiger partial charge < -0.3 is 38.7 Å². The van der Waals surface area contributed by atoms with Gasteiger partial charge in [0.25, 0.3) is 0 Å². The van der Waals surface area contributed by atoms with Crippen LogP contribution >= 0.6 is 0 Å². The lowest BCUT2D eigenvalue weighted by Gasteiger charge is -2.25. The quantitative estimate of drug-likeness (QED) is 0.0545. The van der Waals surface area contributed by atoms with Crippen LogP contribution in [0.15, 0.2) is 102 Å². The molecular weight excluding hydrogens is 681 g/mol. The predicted molar refractivity (Wildman–Crippen MR) is 190 cm³/mol. The van der Waals surface area contributed by atoms with Crippen molar-refractivity contribution in [3.8, 4) is 0 Å². The molecule has 4 rings (SSSR count).